The van der Waals surface area contributed by atoms with Crippen molar-refractivity contribution in [2.45, 2.75) is 129 Å². The highest BCUT2D eigenvalue weighted by Gasteiger charge is 2.04. The zero-order valence-corrected chi connectivity index (χ0v) is 38.0. The molecule has 15 nitrogen and oxygen atoms in total. The standard InChI is InChI=1S/C45H89NO14/c1-2-3-4-5-6-7-8-9-10-11-12-13-14-15-16-17-22-50-24-26-52-28-30-54-32-34-56-36-38-58-40-42-60-43-41-59-39-37-57-35-33-55-31-29-53-27-25-51-23-18-21-46-44(47)19-20-45(48)49/h2-43H2,1H3,(H,46,47)(H,48,49). The van der Waals surface area contributed by atoms with E-state index in [1.54, 1.807) is 0 Å². The Morgan fingerprint density at radius 2 is 0.550 bits per heavy atom. The Morgan fingerprint density at radius 3 is 0.817 bits per heavy atom. The number of amides is 1. The number of carbonyl (C=O) groups excluding carboxylic acids is 1. The summed E-state index contributed by atoms with van der Waals surface area (Å²) in [6, 6.07) is 0. The first-order chi connectivity index (χ1) is 29.7. The van der Waals surface area contributed by atoms with Gasteiger partial charge in [-0.15, -0.1) is 0 Å². The number of rotatable bonds is 54. The summed E-state index contributed by atoms with van der Waals surface area (Å²) in [6.45, 7) is 14.3. The van der Waals surface area contributed by atoms with Gasteiger partial charge in [-0.2, -0.15) is 0 Å². The second kappa shape index (κ2) is 53.6. The van der Waals surface area contributed by atoms with Crippen LogP contribution in [0, 0.1) is 0 Å². The Kier molecular flexibility index (Phi) is 52.3. The molecule has 2 N–H and O–H groups in total. The van der Waals surface area contributed by atoms with Gasteiger partial charge < -0.3 is 62.5 Å². The fraction of sp³-hybridized carbons (Fsp3) is 0.956. The van der Waals surface area contributed by atoms with E-state index in [1.807, 2.05) is 0 Å². The Labute approximate surface area is 364 Å². The van der Waals surface area contributed by atoms with E-state index >= 15 is 0 Å². The molecule has 0 aliphatic carbocycles. The number of carboxylic acid groups (broad SMARTS) is 1. The molecule has 0 unspecified atom stereocenters. The van der Waals surface area contributed by atoms with Crippen LogP contribution in [0.15, 0.2) is 0 Å². The van der Waals surface area contributed by atoms with E-state index in [0.29, 0.717) is 152 Å². The summed E-state index contributed by atoms with van der Waals surface area (Å²) in [5, 5.41) is 11.2. The van der Waals surface area contributed by atoms with Crippen LogP contribution in [-0.4, -0.2) is 169 Å². The zero-order valence-electron chi connectivity index (χ0n) is 38.0. The van der Waals surface area contributed by atoms with E-state index in [4.69, 9.17) is 57.2 Å². The first kappa shape index (κ1) is 58.5. The number of hydrogen-bond donors (Lipinski definition) is 2. The van der Waals surface area contributed by atoms with E-state index < -0.39 is 5.97 Å². The maximum Gasteiger partial charge on any atom is 0.303 e. The van der Waals surface area contributed by atoms with Crippen LogP contribution < -0.4 is 5.32 Å². The summed E-state index contributed by atoms with van der Waals surface area (Å²) in [5.41, 5.74) is 0. The van der Waals surface area contributed by atoms with Crippen molar-refractivity contribution in [2.75, 3.05) is 152 Å². The van der Waals surface area contributed by atoms with Gasteiger partial charge in [0, 0.05) is 26.2 Å². The van der Waals surface area contributed by atoms with Gasteiger partial charge in [0.05, 0.1) is 139 Å². The zero-order chi connectivity index (χ0) is 43.3. The minimum absolute atomic E-state index is 0.00873. The number of aliphatic carboxylic acids is 1. The molecular formula is C45H89NO14. The van der Waals surface area contributed by atoms with Gasteiger partial charge in [-0.1, -0.05) is 103 Å². The van der Waals surface area contributed by atoms with Crippen LogP contribution in [0.25, 0.3) is 0 Å². The molecule has 1 amide bonds. The lowest BCUT2D eigenvalue weighted by atomic mass is 10.0. The highest BCUT2D eigenvalue weighted by Crippen LogP contribution is 2.13. The summed E-state index contributed by atoms with van der Waals surface area (Å²) in [5.74, 6) is -1.25. The molecule has 0 radical (unpaired) electrons. The van der Waals surface area contributed by atoms with Gasteiger partial charge in [0.25, 0.3) is 0 Å². The second-order valence-corrected chi connectivity index (χ2v) is 14.6. The molecule has 0 aliphatic heterocycles. The third-order valence-corrected chi connectivity index (χ3v) is 9.22. The van der Waals surface area contributed by atoms with Gasteiger partial charge in [-0.05, 0) is 12.8 Å². The Bertz CT molecular complexity index is 844. The number of ether oxygens (including phenoxy) is 11. The van der Waals surface area contributed by atoms with Crippen molar-refractivity contribution >= 4 is 11.9 Å². The van der Waals surface area contributed by atoms with Crippen LogP contribution in [0.4, 0.5) is 0 Å². The van der Waals surface area contributed by atoms with Gasteiger partial charge in [-0.25, -0.2) is 0 Å². The summed E-state index contributed by atoms with van der Waals surface area (Å²) in [6.07, 6.45) is 22.6. The third-order valence-electron chi connectivity index (χ3n) is 9.22. The minimum atomic E-state index is -0.981. The Balaban J connectivity index is 3.08. The molecule has 0 aromatic rings. The molecule has 0 bridgehead atoms. The molecule has 60 heavy (non-hydrogen) atoms. The van der Waals surface area contributed by atoms with Gasteiger partial charge in [0.2, 0.25) is 5.91 Å². The van der Waals surface area contributed by atoms with Gasteiger partial charge in [0.1, 0.15) is 0 Å². The molecule has 0 saturated heterocycles. The fourth-order valence-electron chi connectivity index (χ4n) is 5.76. The first-order valence-electron chi connectivity index (χ1n) is 23.5. The van der Waals surface area contributed by atoms with Crippen molar-refractivity contribution in [3.63, 3.8) is 0 Å². The molecule has 0 fully saturated rings. The number of carbonyl (C=O) groups is 2. The van der Waals surface area contributed by atoms with E-state index in [2.05, 4.69) is 12.2 Å². The van der Waals surface area contributed by atoms with E-state index in [1.165, 1.54) is 96.3 Å². The minimum Gasteiger partial charge on any atom is -0.481 e. The second-order valence-electron chi connectivity index (χ2n) is 14.6. The summed E-state index contributed by atoms with van der Waals surface area (Å²) in [7, 11) is 0. The molecule has 0 spiro atoms. The quantitative estimate of drug-likeness (QED) is 0.0613. The third kappa shape index (κ3) is 54.5. The molecule has 0 saturated carbocycles. The lowest BCUT2D eigenvalue weighted by Crippen LogP contribution is -2.25. The van der Waals surface area contributed by atoms with Crippen molar-refractivity contribution in [1.82, 2.24) is 5.32 Å². The maximum atomic E-state index is 11.4. The van der Waals surface area contributed by atoms with Gasteiger partial charge in [-0.3, -0.25) is 9.59 Å². The summed E-state index contributed by atoms with van der Waals surface area (Å²) in [4.78, 5) is 21.8. The Morgan fingerprint density at radius 1 is 0.317 bits per heavy atom. The van der Waals surface area contributed by atoms with E-state index in [0.717, 1.165) is 13.0 Å². The van der Waals surface area contributed by atoms with Crippen molar-refractivity contribution in [3.05, 3.63) is 0 Å². The molecule has 15 heteroatoms. The van der Waals surface area contributed by atoms with Gasteiger partial charge in [0.15, 0.2) is 0 Å². The van der Waals surface area contributed by atoms with Crippen LogP contribution in [0.5, 0.6) is 0 Å². The van der Waals surface area contributed by atoms with E-state index in [9.17, 15) is 9.59 Å². The van der Waals surface area contributed by atoms with Crippen LogP contribution in [-0.2, 0) is 61.7 Å². The molecular weight excluding hydrogens is 778 g/mol. The van der Waals surface area contributed by atoms with E-state index in [-0.39, 0.29) is 18.7 Å². The molecule has 0 aromatic carbocycles. The normalized spacial score (nSPS) is 11.5. The predicted octanol–water partition coefficient (Wildman–Crippen LogP) is 6.80. The largest absolute Gasteiger partial charge is 0.481 e. The average Bonchev–Trinajstić information content (AvgIpc) is 3.24. The van der Waals surface area contributed by atoms with Crippen molar-refractivity contribution in [2.24, 2.45) is 0 Å². The van der Waals surface area contributed by atoms with Gasteiger partial charge >= 0.3 is 5.97 Å². The lowest BCUT2D eigenvalue weighted by molar-refractivity contribution is -0.138. The summed E-state index contributed by atoms with van der Waals surface area (Å²) >= 11 is 0. The van der Waals surface area contributed by atoms with Crippen molar-refractivity contribution < 1.29 is 66.8 Å². The molecule has 0 heterocycles. The molecule has 0 atom stereocenters. The lowest BCUT2D eigenvalue weighted by Gasteiger charge is -2.09. The predicted molar refractivity (Wildman–Crippen MR) is 233 cm³/mol. The molecule has 358 valence electrons. The van der Waals surface area contributed by atoms with Crippen molar-refractivity contribution in [1.29, 1.82) is 0 Å². The number of carboxylic acids is 1. The fourth-order valence-corrected chi connectivity index (χ4v) is 5.76. The number of unbranched alkanes of at least 4 members (excludes halogenated alkanes) is 15. The Hall–Kier alpha value is -1.50. The first-order valence-corrected chi connectivity index (χ1v) is 23.5. The summed E-state index contributed by atoms with van der Waals surface area (Å²) < 4.78 is 60.7. The molecule has 0 aliphatic rings. The monoisotopic (exact) mass is 868 g/mol. The highest BCUT2D eigenvalue weighted by molar-refractivity contribution is 5.80. The molecule has 0 aromatic heterocycles. The van der Waals surface area contributed by atoms with Crippen LogP contribution in [0.1, 0.15) is 129 Å². The highest BCUT2D eigenvalue weighted by atomic mass is 16.6. The number of hydrogen-bond acceptors (Lipinski definition) is 13. The molecule has 0 rings (SSSR count). The maximum absolute atomic E-state index is 11.4. The van der Waals surface area contributed by atoms with Crippen LogP contribution >= 0.6 is 0 Å². The topological polar surface area (TPSA) is 168 Å². The SMILES string of the molecule is CCCCCCCCCCCCCCCCCCOCCOCCOCCOCCOCCOCCOCCOCCOCCOCCOCCCNC(=O)CCC(=O)O. The van der Waals surface area contributed by atoms with Crippen LogP contribution in [0.3, 0.4) is 0 Å². The van der Waals surface area contributed by atoms with Crippen molar-refractivity contribution in [3.8, 4) is 0 Å². The number of nitrogens with one attached hydrogen (secondary N) is 1. The smallest absolute Gasteiger partial charge is 0.303 e. The average molecular weight is 868 g/mol. The van der Waals surface area contributed by atoms with Crippen LogP contribution in [0.2, 0.25) is 0 Å².